The number of fused-ring (bicyclic) bond motifs is 1. The predicted molar refractivity (Wildman–Crippen MR) is 85.6 cm³/mol. The van der Waals surface area contributed by atoms with Crippen LogP contribution in [0.4, 0.5) is 5.82 Å². The number of anilines is 1. The Labute approximate surface area is 126 Å². The van der Waals surface area contributed by atoms with E-state index < -0.39 is 0 Å². The summed E-state index contributed by atoms with van der Waals surface area (Å²) in [6, 6.07) is 8.00. The van der Waals surface area contributed by atoms with Crippen molar-refractivity contribution >= 4 is 39.0 Å². The number of nitrogens with one attached hydrogen (secondary N) is 1. The molecule has 0 aliphatic carbocycles. The molecule has 0 aliphatic heterocycles. The Morgan fingerprint density at radius 1 is 1.30 bits per heavy atom. The molecule has 1 unspecified atom stereocenters. The van der Waals surface area contributed by atoms with Crippen LogP contribution in [0.2, 0.25) is 5.02 Å². The van der Waals surface area contributed by atoms with E-state index in [1.165, 1.54) is 5.56 Å². The highest BCUT2D eigenvalue weighted by Gasteiger charge is 2.11. The lowest BCUT2D eigenvalue weighted by atomic mass is 10.1. The largest absolute Gasteiger partial charge is 0.362 e. The van der Waals surface area contributed by atoms with Gasteiger partial charge in [-0.15, -0.1) is 11.3 Å². The first kappa shape index (κ1) is 13.3. The monoisotopic (exact) mass is 303 g/mol. The molecule has 102 valence electrons. The van der Waals surface area contributed by atoms with Crippen molar-refractivity contribution in [3.05, 3.63) is 52.1 Å². The summed E-state index contributed by atoms with van der Waals surface area (Å²) < 4.78 is 1.10. The Bertz CT molecular complexity index is 754. The molecule has 5 heteroatoms. The Kier molecular flexibility index (Phi) is 3.59. The van der Waals surface area contributed by atoms with Crippen molar-refractivity contribution in [1.82, 2.24) is 9.97 Å². The number of rotatable bonds is 3. The number of hydrogen-bond donors (Lipinski definition) is 1. The first-order chi connectivity index (χ1) is 9.65. The van der Waals surface area contributed by atoms with E-state index in [2.05, 4.69) is 40.6 Å². The number of benzene rings is 1. The number of aryl methyl sites for hydroxylation is 1. The Balaban J connectivity index is 1.93. The van der Waals surface area contributed by atoms with Crippen molar-refractivity contribution in [1.29, 1.82) is 0 Å². The Morgan fingerprint density at radius 3 is 2.95 bits per heavy atom. The van der Waals surface area contributed by atoms with Crippen LogP contribution in [-0.4, -0.2) is 9.97 Å². The lowest BCUT2D eigenvalue weighted by molar-refractivity contribution is 0.876. The zero-order valence-electron chi connectivity index (χ0n) is 11.2. The minimum atomic E-state index is 0.134. The third-order valence-corrected chi connectivity index (χ3v) is 4.56. The molecule has 0 saturated carbocycles. The van der Waals surface area contributed by atoms with Crippen LogP contribution in [-0.2, 0) is 0 Å². The number of thiophene rings is 1. The average molecular weight is 304 g/mol. The van der Waals surface area contributed by atoms with Crippen LogP contribution in [0.5, 0.6) is 0 Å². The van der Waals surface area contributed by atoms with Gasteiger partial charge in [0, 0.05) is 5.02 Å². The molecule has 2 aromatic heterocycles. The van der Waals surface area contributed by atoms with Crippen LogP contribution < -0.4 is 5.32 Å². The molecule has 3 nitrogen and oxygen atoms in total. The third kappa shape index (κ3) is 2.49. The van der Waals surface area contributed by atoms with E-state index in [1.54, 1.807) is 17.7 Å². The van der Waals surface area contributed by atoms with Crippen LogP contribution in [0.3, 0.4) is 0 Å². The molecule has 3 aromatic rings. The van der Waals surface area contributed by atoms with Gasteiger partial charge in [-0.3, -0.25) is 0 Å². The van der Waals surface area contributed by atoms with Crippen LogP contribution >= 0.6 is 22.9 Å². The maximum Gasteiger partial charge on any atom is 0.147 e. The Morgan fingerprint density at radius 2 is 2.15 bits per heavy atom. The fraction of sp³-hybridized carbons (Fsp3) is 0.200. The van der Waals surface area contributed by atoms with Crippen LogP contribution in [0.25, 0.3) is 10.2 Å². The summed E-state index contributed by atoms with van der Waals surface area (Å²) in [6.45, 7) is 4.16. The van der Waals surface area contributed by atoms with E-state index in [0.29, 0.717) is 0 Å². The fourth-order valence-corrected chi connectivity index (χ4v) is 3.29. The third-order valence-electron chi connectivity index (χ3n) is 3.23. The molecule has 0 spiro atoms. The fourth-order valence-electron chi connectivity index (χ4n) is 2.14. The molecule has 0 fully saturated rings. The highest BCUT2D eigenvalue weighted by molar-refractivity contribution is 7.18. The molecule has 0 saturated heterocycles. The van der Waals surface area contributed by atoms with E-state index in [4.69, 9.17) is 11.6 Å². The van der Waals surface area contributed by atoms with E-state index in [9.17, 15) is 0 Å². The summed E-state index contributed by atoms with van der Waals surface area (Å²) >= 11 is 7.71. The quantitative estimate of drug-likeness (QED) is 0.753. The number of halogens is 1. The summed E-state index contributed by atoms with van der Waals surface area (Å²) in [5, 5.41) is 6.29. The second-order valence-electron chi connectivity index (χ2n) is 4.74. The molecule has 20 heavy (non-hydrogen) atoms. The summed E-state index contributed by atoms with van der Waals surface area (Å²) in [4.78, 5) is 8.70. The first-order valence-electron chi connectivity index (χ1n) is 6.36. The predicted octanol–water partition coefficient (Wildman–Crippen LogP) is 4.83. The summed E-state index contributed by atoms with van der Waals surface area (Å²) in [5.74, 6) is 0.876. The zero-order valence-corrected chi connectivity index (χ0v) is 12.8. The van der Waals surface area contributed by atoms with E-state index in [1.807, 2.05) is 18.2 Å². The SMILES string of the molecule is Cc1csc2c(NC(C)c3cccc(Cl)c3)ncnc12. The van der Waals surface area contributed by atoms with Crippen LogP contribution in [0, 0.1) is 6.92 Å². The normalized spacial score (nSPS) is 12.6. The van der Waals surface area contributed by atoms with Gasteiger partial charge in [0.15, 0.2) is 0 Å². The second kappa shape index (κ2) is 5.38. The minimum Gasteiger partial charge on any atom is -0.362 e. The molecule has 1 N–H and O–H groups in total. The number of hydrogen-bond acceptors (Lipinski definition) is 4. The highest BCUT2D eigenvalue weighted by Crippen LogP contribution is 2.30. The van der Waals surface area contributed by atoms with Gasteiger partial charge < -0.3 is 5.32 Å². The van der Waals surface area contributed by atoms with Gasteiger partial charge in [-0.25, -0.2) is 9.97 Å². The molecule has 0 radical (unpaired) electrons. The van der Waals surface area contributed by atoms with Crippen molar-refractivity contribution in [3.8, 4) is 0 Å². The van der Waals surface area contributed by atoms with Crippen molar-refractivity contribution in [2.75, 3.05) is 5.32 Å². The number of nitrogens with zero attached hydrogens (tertiary/aromatic N) is 2. The van der Waals surface area contributed by atoms with Gasteiger partial charge in [0.1, 0.15) is 12.1 Å². The van der Waals surface area contributed by atoms with E-state index in [-0.39, 0.29) is 6.04 Å². The smallest absolute Gasteiger partial charge is 0.147 e. The molecular formula is C15H14ClN3S. The van der Waals surface area contributed by atoms with Gasteiger partial charge in [0.05, 0.1) is 16.3 Å². The van der Waals surface area contributed by atoms with Crippen molar-refractivity contribution in [3.63, 3.8) is 0 Å². The first-order valence-corrected chi connectivity index (χ1v) is 7.61. The molecule has 0 bridgehead atoms. The number of aromatic nitrogens is 2. The van der Waals surface area contributed by atoms with E-state index in [0.717, 1.165) is 26.6 Å². The van der Waals surface area contributed by atoms with Crippen LogP contribution in [0.15, 0.2) is 36.0 Å². The lowest BCUT2D eigenvalue weighted by Crippen LogP contribution is -2.08. The molecule has 0 amide bonds. The minimum absolute atomic E-state index is 0.134. The molecular weight excluding hydrogens is 290 g/mol. The highest BCUT2D eigenvalue weighted by atomic mass is 35.5. The zero-order chi connectivity index (χ0) is 14.1. The molecule has 3 rings (SSSR count). The van der Waals surface area contributed by atoms with Gasteiger partial charge in [-0.1, -0.05) is 23.7 Å². The standard InChI is InChI=1S/C15H14ClN3S/c1-9-7-20-14-13(9)17-8-18-15(14)19-10(2)11-4-3-5-12(16)6-11/h3-8,10H,1-2H3,(H,17,18,19). The van der Waals surface area contributed by atoms with Gasteiger partial charge in [0.25, 0.3) is 0 Å². The molecule has 1 atom stereocenters. The van der Waals surface area contributed by atoms with Crippen molar-refractivity contribution in [2.45, 2.75) is 19.9 Å². The molecule has 2 heterocycles. The average Bonchev–Trinajstić information content (AvgIpc) is 2.82. The van der Waals surface area contributed by atoms with Crippen molar-refractivity contribution in [2.24, 2.45) is 0 Å². The Hall–Kier alpha value is -1.65. The summed E-state index contributed by atoms with van der Waals surface area (Å²) in [6.07, 6.45) is 1.61. The molecule has 0 aliphatic rings. The molecule has 1 aromatic carbocycles. The van der Waals surface area contributed by atoms with Gasteiger partial charge in [-0.2, -0.15) is 0 Å². The van der Waals surface area contributed by atoms with Gasteiger partial charge >= 0.3 is 0 Å². The van der Waals surface area contributed by atoms with E-state index >= 15 is 0 Å². The maximum atomic E-state index is 6.04. The van der Waals surface area contributed by atoms with Crippen LogP contribution in [0.1, 0.15) is 24.1 Å². The maximum absolute atomic E-state index is 6.04. The topological polar surface area (TPSA) is 37.8 Å². The van der Waals surface area contributed by atoms with Gasteiger partial charge in [-0.05, 0) is 42.5 Å². The summed E-state index contributed by atoms with van der Waals surface area (Å²) in [5.41, 5.74) is 3.34. The second-order valence-corrected chi connectivity index (χ2v) is 6.06. The van der Waals surface area contributed by atoms with Gasteiger partial charge in [0.2, 0.25) is 0 Å². The van der Waals surface area contributed by atoms with Crippen molar-refractivity contribution < 1.29 is 0 Å². The summed E-state index contributed by atoms with van der Waals surface area (Å²) in [7, 11) is 0. The lowest BCUT2D eigenvalue weighted by Gasteiger charge is -2.15.